The van der Waals surface area contributed by atoms with Crippen LogP contribution >= 0.6 is 15.9 Å². The van der Waals surface area contributed by atoms with Gasteiger partial charge in [-0.25, -0.2) is 26.7 Å². The Hall–Kier alpha value is -2.85. The second kappa shape index (κ2) is 8.25. The lowest BCUT2D eigenvalue weighted by Gasteiger charge is -2.21. The zero-order valence-corrected chi connectivity index (χ0v) is 19.2. The standard InChI is InChI=1S/C22H18BrF2N3O3S/c1-13-5-2-3-7-19(13)32(30,31)28-21(29)27-22(20-18(23)6-4-8-26-20)12-17(22)14-9-15(24)11-16(25)10-14/h2-11,17H,12H2,1H3,(H2,27,28,29). The Bertz CT molecular complexity index is 1300. The molecule has 0 aliphatic heterocycles. The van der Waals surface area contributed by atoms with Crippen molar-refractivity contribution in [3.05, 3.63) is 93.7 Å². The molecule has 6 nitrogen and oxygen atoms in total. The molecule has 0 saturated heterocycles. The number of benzene rings is 2. The average Bonchev–Trinajstić information content (AvgIpc) is 3.42. The number of pyridine rings is 1. The number of carbonyl (C=O) groups excluding carboxylic acids is 1. The van der Waals surface area contributed by atoms with Crippen LogP contribution in [0.15, 0.2) is 70.2 Å². The fourth-order valence-corrected chi connectivity index (χ4v) is 5.64. The second-order valence-electron chi connectivity index (χ2n) is 7.59. The van der Waals surface area contributed by atoms with E-state index in [4.69, 9.17) is 0 Å². The summed E-state index contributed by atoms with van der Waals surface area (Å²) in [6, 6.07) is 11.8. The molecule has 2 unspecified atom stereocenters. The molecule has 4 rings (SSSR count). The molecule has 32 heavy (non-hydrogen) atoms. The molecular formula is C22H18BrF2N3O3S. The highest BCUT2D eigenvalue weighted by atomic mass is 79.9. The summed E-state index contributed by atoms with van der Waals surface area (Å²) in [6.45, 7) is 1.62. The molecule has 1 fully saturated rings. The third kappa shape index (κ3) is 4.24. The Morgan fingerprint density at radius 2 is 1.81 bits per heavy atom. The van der Waals surface area contributed by atoms with E-state index in [-0.39, 0.29) is 11.3 Å². The molecule has 2 amide bonds. The monoisotopic (exact) mass is 521 g/mol. The summed E-state index contributed by atoms with van der Waals surface area (Å²) in [5, 5.41) is 2.69. The van der Waals surface area contributed by atoms with E-state index in [0.29, 0.717) is 21.3 Å². The molecule has 2 atom stereocenters. The van der Waals surface area contributed by atoms with E-state index in [2.05, 4.69) is 26.2 Å². The maximum atomic E-state index is 13.8. The van der Waals surface area contributed by atoms with Gasteiger partial charge in [0, 0.05) is 22.7 Å². The highest BCUT2D eigenvalue weighted by molar-refractivity contribution is 9.10. The van der Waals surface area contributed by atoms with Crippen molar-refractivity contribution in [1.29, 1.82) is 0 Å². The van der Waals surface area contributed by atoms with Crippen LogP contribution in [-0.2, 0) is 15.6 Å². The molecule has 1 aromatic heterocycles. The Morgan fingerprint density at radius 3 is 2.47 bits per heavy atom. The summed E-state index contributed by atoms with van der Waals surface area (Å²) in [5.41, 5.74) is 0.0980. The number of halogens is 3. The molecule has 10 heteroatoms. The molecular weight excluding hydrogens is 504 g/mol. The number of amides is 2. The topological polar surface area (TPSA) is 88.2 Å². The van der Waals surface area contributed by atoms with Crippen molar-refractivity contribution in [2.24, 2.45) is 0 Å². The number of urea groups is 1. The van der Waals surface area contributed by atoms with Crippen LogP contribution in [0.25, 0.3) is 0 Å². The van der Waals surface area contributed by atoms with Crippen molar-refractivity contribution in [2.45, 2.75) is 29.7 Å². The predicted molar refractivity (Wildman–Crippen MR) is 117 cm³/mol. The van der Waals surface area contributed by atoms with Crippen LogP contribution in [0.1, 0.15) is 29.2 Å². The van der Waals surface area contributed by atoms with Crippen molar-refractivity contribution in [2.75, 3.05) is 0 Å². The van der Waals surface area contributed by atoms with Gasteiger partial charge in [0.05, 0.1) is 16.1 Å². The molecule has 1 saturated carbocycles. The summed E-state index contributed by atoms with van der Waals surface area (Å²) in [7, 11) is -4.14. The van der Waals surface area contributed by atoms with Gasteiger partial charge in [-0.1, -0.05) is 18.2 Å². The number of aromatic nitrogens is 1. The normalized spacial score (nSPS) is 19.9. The maximum Gasteiger partial charge on any atom is 0.329 e. The number of rotatable bonds is 5. The first-order valence-corrected chi connectivity index (χ1v) is 11.9. The number of hydrogen-bond donors (Lipinski definition) is 2. The first-order valence-electron chi connectivity index (χ1n) is 9.60. The van der Waals surface area contributed by atoms with Crippen molar-refractivity contribution in [1.82, 2.24) is 15.0 Å². The Labute approximate surface area is 192 Å². The average molecular weight is 522 g/mol. The van der Waals surface area contributed by atoms with E-state index in [9.17, 15) is 22.0 Å². The van der Waals surface area contributed by atoms with Crippen molar-refractivity contribution in [3.63, 3.8) is 0 Å². The van der Waals surface area contributed by atoms with Gasteiger partial charge in [0.15, 0.2) is 0 Å². The SMILES string of the molecule is Cc1ccccc1S(=O)(=O)NC(=O)NC1(c2ncccc2Br)CC1c1cc(F)cc(F)c1. The summed E-state index contributed by atoms with van der Waals surface area (Å²) in [4.78, 5) is 17.1. The van der Waals surface area contributed by atoms with Crippen molar-refractivity contribution >= 4 is 32.0 Å². The fourth-order valence-electron chi connectivity index (χ4n) is 3.88. The molecule has 0 spiro atoms. The largest absolute Gasteiger partial charge is 0.329 e. The first-order chi connectivity index (χ1) is 15.1. The van der Waals surface area contributed by atoms with E-state index in [1.54, 1.807) is 37.3 Å². The summed E-state index contributed by atoms with van der Waals surface area (Å²) >= 11 is 3.40. The van der Waals surface area contributed by atoms with Gasteiger partial charge in [0.2, 0.25) is 0 Å². The number of sulfonamides is 1. The minimum absolute atomic E-state index is 0.0252. The number of hydrogen-bond acceptors (Lipinski definition) is 4. The minimum Gasteiger partial charge on any atom is -0.326 e. The third-order valence-electron chi connectivity index (χ3n) is 5.38. The van der Waals surface area contributed by atoms with Crippen molar-refractivity contribution in [3.8, 4) is 0 Å². The van der Waals surface area contributed by atoms with E-state index >= 15 is 0 Å². The number of nitrogens with one attached hydrogen (secondary N) is 2. The van der Waals surface area contributed by atoms with Gasteiger partial charge in [-0.3, -0.25) is 4.98 Å². The lowest BCUT2D eigenvalue weighted by molar-refractivity contribution is 0.240. The van der Waals surface area contributed by atoms with Crippen LogP contribution in [0.5, 0.6) is 0 Å². The smallest absolute Gasteiger partial charge is 0.326 e. The summed E-state index contributed by atoms with van der Waals surface area (Å²) in [6.07, 6.45) is 1.80. The first kappa shape index (κ1) is 22.3. The Morgan fingerprint density at radius 1 is 1.12 bits per heavy atom. The highest BCUT2D eigenvalue weighted by Gasteiger charge is 2.59. The van der Waals surface area contributed by atoms with Gasteiger partial charge < -0.3 is 5.32 Å². The van der Waals surface area contributed by atoms with Gasteiger partial charge in [0.1, 0.15) is 11.6 Å². The quantitative estimate of drug-likeness (QED) is 0.517. The Kier molecular flexibility index (Phi) is 5.76. The van der Waals surface area contributed by atoms with Crippen molar-refractivity contribution < 1.29 is 22.0 Å². The van der Waals surface area contributed by atoms with Gasteiger partial charge in [-0.15, -0.1) is 0 Å². The highest BCUT2D eigenvalue weighted by Crippen LogP contribution is 2.59. The van der Waals surface area contributed by atoms with Crippen LogP contribution in [0, 0.1) is 18.6 Å². The molecule has 2 aromatic carbocycles. The molecule has 3 aromatic rings. The van der Waals surface area contributed by atoms with Gasteiger partial charge in [0.25, 0.3) is 10.0 Å². The molecule has 1 aliphatic carbocycles. The zero-order valence-electron chi connectivity index (χ0n) is 16.8. The van der Waals surface area contributed by atoms with Gasteiger partial charge in [-0.2, -0.15) is 0 Å². The van der Waals surface area contributed by atoms with E-state index < -0.39 is 39.1 Å². The van der Waals surface area contributed by atoms with Crippen LogP contribution < -0.4 is 10.0 Å². The molecule has 2 N–H and O–H groups in total. The number of carbonyl (C=O) groups is 1. The molecule has 0 radical (unpaired) electrons. The van der Waals surface area contributed by atoms with Gasteiger partial charge in [-0.05, 0) is 70.7 Å². The number of nitrogens with zero attached hydrogens (tertiary/aromatic N) is 1. The third-order valence-corrected chi connectivity index (χ3v) is 7.51. The molecule has 0 bridgehead atoms. The summed E-state index contributed by atoms with van der Waals surface area (Å²) in [5.74, 6) is -1.99. The number of aryl methyl sites for hydroxylation is 1. The van der Waals surface area contributed by atoms with E-state index in [0.717, 1.165) is 6.07 Å². The van der Waals surface area contributed by atoms with Gasteiger partial charge >= 0.3 is 6.03 Å². The molecule has 166 valence electrons. The van der Waals surface area contributed by atoms with Crippen LogP contribution in [0.2, 0.25) is 0 Å². The lowest BCUT2D eigenvalue weighted by Crippen LogP contribution is -2.45. The van der Waals surface area contributed by atoms with E-state index in [1.165, 1.54) is 24.4 Å². The molecule has 1 aliphatic rings. The maximum absolute atomic E-state index is 13.8. The lowest BCUT2D eigenvalue weighted by atomic mass is 10.0. The fraction of sp³-hybridized carbons (Fsp3) is 0.182. The van der Waals surface area contributed by atoms with Crippen LogP contribution in [0.4, 0.5) is 13.6 Å². The van der Waals surface area contributed by atoms with Crippen LogP contribution in [0.3, 0.4) is 0 Å². The van der Waals surface area contributed by atoms with Crippen LogP contribution in [-0.4, -0.2) is 19.4 Å². The predicted octanol–water partition coefficient (Wildman–Crippen LogP) is 4.50. The minimum atomic E-state index is -4.14. The second-order valence-corrected chi connectivity index (χ2v) is 10.1. The van der Waals surface area contributed by atoms with E-state index in [1.807, 2.05) is 4.72 Å². The molecule has 1 heterocycles. The Balaban J connectivity index is 1.66. The summed E-state index contributed by atoms with van der Waals surface area (Å²) < 4.78 is 55.7. The zero-order chi connectivity index (χ0) is 23.1.